The molecule has 0 aliphatic carbocycles. The van der Waals surface area contributed by atoms with E-state index in [9.17, 15) is 0 Å². The molecule has 2 heterocycles. The van der Waals surface area contributed by atoms with Crippen LogP contribution < -0.4 is 14.8 Å². The van der Waals surface area contributed by atoms with Crippen LogP contribution in [0, 0.1) is 0 Å². The Morgan fingerprint density at radius 2 is 1.86 bits per heavy atom. The maximum absolute atomic E-state index is 5.33. The maximum Gasteiger partial charge on any atom is 0.162 e. The van der Waals surface area contributed by atoms with Crippen LogP contribution in [0.1, 0.15) is 0 Å². The molecule has 0 aliphatic rings. The highest BCUT2D eigenvalue weighted by Crippen LogP contribution is 2.33. The molecule has 0 unspecified atom stereocenters. The first-order valence-electron chi connectivity index (χ1n) is 6.42. The Bertz CT molecular complexity index is 786. The van der Waals surface area contributed by atoms with E-state index in [4.69, 9.17) is 9.47 Å². The minimum Gasteiger partial charge on any atom is -0.493 e. The third-order valence-electron chi connectivity index (χ3n) is 3.18. The molecular formula is C15H15N3O2S. The molecule has 0 spiro atoms. The lowest BCUT2D eigenvalue weighted by Crippen LogP contribution is -1.98. The summed E-state index contributed by atoms with van der Waals surface area (Å²) in [5, 5.41) is 5.13. The Morgan fingerprint density at radius 3 is 2.57 bits per heavy atom. The van der Waals surface area contributed by atoms with Gasteiger partial charge in [0.05, 0.1) is 24.4 Å². The number of benzene rings is 1. The number of hydrogen-bond donors (Lipinski definition) is 1. The summed E-state index contributed by atoms with van der Waals surface area (Å²) in [6, 6.07) is 7.65. The second kappa shape index (κ2) is 5.57. The van der Waals surface area contributed by atoms with E-state index in [1.807, 2.05) is 36.7 Å². The van der Waals surface area contributed by atoms with Gasteiger partial charge >= 0.3 is 0 Å². The van der Waals surface area contributed by atoms with Gasteiger partial charge in [-0.25, -0.2) is 9.97 Å². The van der Waals surface area contributed by atoms with Crippen molar-refractivity contribution in [3.8, 4) is 22.9 Å². The zero-order valence-electron chi connectivity index (χ0n) is 12.0. The largest absolute Gasteiger partial charge is 0.493 e. The van der Waals surface area contributed by atoms with Crippen LogP contribution in [0.15, 0.2) is 29.6 Å². The van der Waals surface area contributed by atoms with Crippen LogP contribution in [-0.2, 0) is 0 Å². The monoisotopic (exact) mass is 301 g/mol. The van der Waals surface area contributed by atoms with Gasteiger partial charge in [0.2, 0.25) is 0 Å². The number of aromatic nitrogens is 2. The molecule has 3 aromatic rings. The van der Waals surface area contributed by atoms with Gasteiger partial charge in [-0.1, -0.05) is 0 Å². The Morgan fingerprint density at radius 1 is 1.05 bits per heavy atom. The highest BCUT2D eigenvalue weighted by molar-refractivity contribution is 7.17. The summed E-state index contributed by atoms with van der Waals surface area (Å²) in [5.74, 6) is 2.84. The van der Waals surface area contributed by atoms with Crippen LogP contribution >= 0.6 is 11.3 Å². The first-order valence-corrected chi connectivity index (χ1v) is 7.30. The molecule has 0 saturated heterocycles. The van der Waals surface area contributed by atoms with Crippen LogP contribution in [0.25, 0.3) is 21.6 Å². The average Bonchev–Trinajstić information content (AvgIpc) is 3.01. The van der Waals surface area contributed by atoms with Crippen molar-refractivity contribution in [3.05, 3.63) is 29.6 Å². The SMILES string of the molecule is CNc1nc(-c2ccc(OC)c(OC)c2)nc2ccsc12. The number of thiophene rings is 1. The minimum atomic E-state index is 0.659. The van der Waals surface area contributed by atoms with Crippen LogP contribution in [0.2, 0.25) is 0 Å². The van der Waals surface area contributed by atoms with Crippen molar-refractivity contribution in [1.82, 2.24) is 9.97 Å². The number of rotatable bonds is 4. The van der Waals surface area contributed by atoms with E-state index < -0.39 is 0 Å². The van der Waals surface area contributed by atoms with Crippen molar-refractivity contribution >= 4 is 27.4 Å². The molecule has 0 radical (unpaired) electrons. The topological polar surface area (TPSA) is 56.3 Å². The Hall–Kier alpha value is -2.34. The number of fused-ring (bicyclic) bond motifs is 1. The summed E-state index contributed by atoms with van der Waals surface area (Å²) in [7, 11) is 5.09. The number of hydrogen-bond acceptors (Lipinski definition) is 6. The molecule has 1 aromatic carbocycles. The fourth-order valence-corrected chi connectivity index (χ4v) is 2.96. The van der Waals surface area contributed by atoms with Crippen LogP contribution in [0.5, 0.6) is 11.5 Å². The highest BCUT2D eigenvalue weighted by atomic mass is 32.1. The summed E-state index contributed by atoms with van der Waals surface area (Å²) >= 11 is 1.62. The first-order chi connectivity index (χ1) is 10.3. The summed E-state index contributed by atoms with van der Waals surface area (Å²) in [6.07, 6.45) is 0. The standard InChI is InChI=1S/C15H15N3O2S/c1-16-15-13-10(6-7-21-13)17-14(18-15)9-4-5-11(19-2)12(8-9)20-3/h4-8H,1-3H3,(H,16,17,18). The van der Waals surface area contributed by atoms with Crippen molar-refractivity contribution in [3.63, 3.8) is 0 Å². The molecule has 0 aliphatic heterocycles. The van der Waals surface area contributed by atoms with E-state index in [0.29, 0.717) is 17.3 Å². The van der Waals surface area contributed by atoms with Gasteiger partial charge in [-0.15, -0.1) is 11.3 Å². The second-order valence-corrected chi connectivity index (χ2v) is 5.27. The van der Waals surface area contributed by atoms with Gasteiger partial charge in [0.25, 0.3) is 0 Å². The molecule has 3 rings (SSSR count). The number of ether oxygens (including phenoxy) is 2. The second-order valence-electron chi connectivity index (χ2n) is 4.35. The Balaban J connectivity index is 2.15. The normalized spacial score (nSPS) is 10.6. The van der Waals surface area contributed by atoms with Gasteiger partial charge in [0.15, 0.2) is 17.3 Å². The van der Waals surface area contributed by atoms with Crippen molar-refractivity contribution < 1.29 is 9.47 Å². The molecule has 0 atom stereocenters. The molecule has 1 N–H and O–H groups in total. The molecule has 0 amide bonds. The van der Waals surface area contributed by atoms with Crippen LogP contribution in [0.4, 0.5) is 5.82 Å². The summed E-state index contributed by atoms with van der Waals surface area (Å²) in [4.78, 5) is 9.19. The molecule has 108 valence electrons. The molecule has 2 aromatic heterocycles. The van der Waals surface area contributed by atoms with E-state index in [1.54, 1.807) is 25.6 Å². The quantitative estimate of drug-likeness (QED) is 0.800. The predicted octanol–water partition coefficient (Wildman–Crippen LogP) is 3.42. The molecule has 0 bridgehead atoms. The average molecular weight is 301 g/mol. The smallest absolute Gasteiger partial charge is 0.162 e. The van der Waals surface area contributed by atoms with Crippen molar-refractivity contribution in [2.45, 2.75) is 0 Å². The van der Waals surface area contributed by atoms with Gasteiger partial charge in [-0.05, 0) is 29.6 Å². The van der Waals surface area contributed by atoms with E-state index >= 15 is 0 Å². The van der Waals surface area contributed by atoms with Crippen LogP contribution in [0.3, 0.4) is 0 Å². The molecule has 6 heteroatoms. The van der Waals surface area contributed by atoms with Gasteiger partial charge in [-0.2, -0.15) is 0 Å². The highest BCUT2D eigenvalue weighted by Gasteiger charge is 2.12. The van der Waals surface area contributed by atoms with Gasteiger partial charge < -0.3 is 14.8 Å². The zero-order chi connectivity index (χ0) is 14.8. The molecule has 0 fully saturated rings. The maximum atomic E-state index is 5.33. The lowest BCUT2D eigenvalue weighted by Gasteiger charge is -2.10. The summed E-state index contributed by atoms with van der Waals surface area (Å²) in [6.45, 7) is 0. The van der Waals surface area contributed by atoms with E-state index in [2.05, 4.69) is 15.3 Å². The van der Waals surface area contributed by atoms with Crippen molar-refractivity contribution in [2.24, 2.45) is 0 Å². The van der Waals surface area contributed by atoms with Crippen molar-refractivity contribution in [2.75, 3.05) is 26.6 Å². The molecule has 21 heavy (non-hydrogen) atoms. The van der Waals surface area contributed by atoms with Gasteiger partial charge in [0.1, 0.15) is 5.82 Å². The van der Waals surface area contributed by atoms with Gasteiger partial charge in [0, 0.05) is 12.6 Å². The fourth-order valence-electron chi connectivity index (χ4n) is 2.14. The Labute approximate surface area is 126 Å². The lowest BCUT2D eigenvalue weighted by atomic mass is 10.2. The molecule has 0 saturated carbocycles. The number of anilines is 1. The van der Waals surface area contributed by atoms with E-state index in [1.165, 1.54) is 0 Å². The third kappa shape index (κ3) is 2.38. The van der Waals surface area contributed by atoms with E-state index in [0.717, 1.165) is 21.6 Å². The molecule has 5 nitrogen and oxygen atoms in total. The summed E-state index contributed by atoms with van der Waals surface area (Å²) < 4.78 is 11.6. The van der Waals surface area contributed by atoms with Crippen LogP contribution in [-0.4, -0.2) is 31.2 Å². The Kier molecular flexibility index (Phi) is 3.62. The predicted molar refractivity (Wildman–Crippen MR) is 85.5 cm³/mol. The van der Waals surface area contributed by atoms with E-state index in [-0.39, 0.29) is 0 Å². The fraction of sp³-hybridized carbons (Fsp3) is 0.200. The first kappa shape index (κ1) is 13.6. The lowest BCUT2D eigenvalue weighted by molar-refractivity contribution is 0.355. The summed E-state index contributed by atoms with van der Waals surface area (Å²) in [5.41, 5.74) is 1.82. The molecular weight excluding hydrogens is 286 g/mol. The van der Waals surface area contributed by atoms with Gasteiger partial charge in [-0.3, -0.25) is 0 Å². The zero-order valence-corrected chi connectivity index (χ0v) is 12.8. The number of nitrogens with zero attached hydrogens (tertiary/aromatic N) is 2. The third-order valence-corrected chi connectivity index (χ3v) is 4.09. The minimum absolute atomic E-state index is 0.659. The number of methoxy groups -OCH3 is 2. The number of nitrogens with one attached hydrogen (secondary N) is 1. The van der Waals surface area contributed by atoms with Crippen molar-refractivity contribution in [1.29, 1.82) is 0 Å².